The highest BCUT2D eigenvalue weighted by atomic mass is 28.4. The van der Waals surface area contributed by atoms with Crippen molar-refractivity contribution in [2.75, 3.05) is 21.3 Å². The van der Waals surface area contributed by atoms with Crippen molar-refractivity contribution in [1.82, 2.24) is 0 Å². The van der Waals surface area contributed by atoms with Crippen molar-refractivity contribution in [3.8, 4) is 0 Å². The molecular formula is C17H22O4Si. The second kappa shape index (κ2) is 7.15. The molecule has 0 aromatic heterocycles. The molecule has 0 spiro atoms. The maximum atomic E-state index is 12.1. The van der Waals surface area contributed by atoms with Crippen molar-refractivity contribution >= 4 is 25.4 Å². The molecule has 0 heterocycles. The van der Waals surface area contributed by atoms with Crippen LogP contribution in [0.5, 0.6) is 0 Å². The zero-order valence-electron chi connectivity index (χ0n) is 13.5. The van der Waals surface area contributed by atoms with Crippen LogP contribution in [-0.4, -0.2) is 35.9 Å². The van der Waals surface area contributed by atoms with Crippen LogP contribution in [0.25, 0.3) is 10.8 Å². The summed E-state index contributed by atoms with van der Waals surface area (Å²) < 4.78 is 16.4. The Bertz CT molecular complexity index is 656. The van der Waals surface area contributed by atoms with Gasteiger partial charge < -0.3 is 13.3 Å². The molecule has 0 N–H and O–H groups in total. The summed E-state index contributed by atoms with van der Waals surface area (Å²) >= 11 is 0. The smallest absolute Gasteiger partial charge is 0.377 e. The first kappa shape index (κ1) is 16.8. The van der Waals surface area contributed by atoms with E-state index < -0.39 is 8.80 Å². The lowest BCUT2D eigenvalue weighted by atomic mass is 9.95. The number of aryl methyl sites for hydroxylation is 1. The molecule has 4 nitrogen and oxygen atoms in total. The van der Waals surface area contributed by atoms with Crippen LogP contribution in [0.2, 0.25) is 6.04 Å². The number of Topliss-reactive ketones (excluding diaryl/α,β-unsaturated/α-hetero) is 1. The molecular weight excluding hydrogens is 296 g/mol. The average molecular weight is 318 g/mol. The molecule has 2 aromatic carbocycles. The van der Waals surface area contributed by atoms with Crippen molar-refractivity contribution in [3.05, 3.63) is 47.5 Å². The van der Waals surface area contributed by atoms with E-state index in [4.69, 9.17) is 13.3 Å². The molecule has 0 atom stereocenters. The number of ketones is 1. The Morgan fingerprint density at radius 3 is 2.23 bits per heavy atom. The van der Waals surface area contributed by atoms with Crippen LogP contribution in [0.3, 0.4) is 0 Å². The zero-order chi connectivity index (χ0) is 16.2. The number of benzene rings is 2. The predicted molar refractivity (Wildman–Crippen MR) is 89.2 cm³/mol. The van der Waals surface area contributed by atoms with Gasteiger partial charge in [-0.15, -0.1) is 0 Å². The second-order valence-electron chi connectivity index (χ2n) is 5.17. The van der Waals surface area contributed by atoms with E-state index in [9.17, 15) is 4.79 Å². The number of carbonyl (C=O) groups excluding carboxylic acids is 1. The summed E-state index contributed by atoms with van der Waals surface area (Å²) in [6, 6.07) is 12.6. The van der Waals surface area contributed by atoms with Gasteiger partial charge in [0.25, 0.3) is 0 Å². The van der Waals surface area contributed by atoms with Crippen molar-refractivity contribution in [2.45, 2.75) is 19.4 Å². The number of hydrogen-bond donors (Lipinski definition) is 0. The minimum Gasteiger partial charge on any atom is -0.377 e. The molecule has 0 amide bonds. The van der Waals surface area contributed by atoms with Crippen LogP contribution in [-0.2, 0) is 19.7 Å². The van der Waals surface area contributed by atoms with Gasteiger partial charge in [-0.05, 0) is 29.7 Å². The Balaban J connectivity index is 2.39. The highest BCUT2D eigenvalue weighted by molar-refractivity contribution is 6.60. The Labute approximate surface area is 132 Å². The monoisotopic (exact) mass is 318 g/mol. The van der Waals surface area contributed by atoms with Gasteiger partial charge in [-0.1, -0.05) is 36.4 Å². The molecule has 0 aliphatic rings. The summed E-state index contributed by atoms with van der Waals surface area (Å²) in [7, 11) is 2.17. The quantitative estimate of drug-likeness (QED) is 0.579. The molecule has 2 rings (SSSR count). The number of rotatable bonds is 7. The first-order valence-corrected chi connectivity index (χ1v) is 9.17. The SMILES string of the molecule is CO[Si](CCc1ccc2ccccc2c1C(C)=O)(OC)OC. The third-order valence-electron chi connectivity index (χ3n) is 4.00. The van der Waals surface area contributed by atoms with Gasteiger partial charge >= 0.3 is 8.80 Å². The Kier molecular flexibility index (Phi) is 5.47. The molecule has 0 saturated carbocycles. The number of carbonyl (C=O) groups is 1. The fourth-order valence-corrected chi connectivity index (χ4v) is 4.47. The standard InChI is InChI=1S/C17H22O4Si/c1-13(18)17-15(11-12-22(19-2,20-3)21-4)10-9-14-7-5-6-8-16(14)17/h5-10H,11-12H2,1-4H3. The van der Waals surface area contributed by atoms with Gasteiger partial charge in [0, 0.05) is 32.9 Å². The maximum absolute atomic E-state index is 12.1. The summed E-state index contributed by atoms with van der Waals surface area (Å²) in [6.07, 6.45) is 0.682. The van der Waals surface area contributed by atoms with Crippen molar-refractivity contribution in [3.63, 3.8) is 0 Å². The van der Waals surface area contributed by atoms with Crippen LogP contribution >= 0.6 is 0 Å². The van der Waals surface area contributed by atoms with E-state index in [0.717, 1.165) is 21.9 Å². The topological polar surface area (TPSA) is 44.8 Å². The van der Waals surface area contributed by atoms with Crippen LogP contribution in [0.15, 0.2) is 36.4 Å². The number of fused-ring (bicyclic) bond motifs is 1. The van der Waals surface area contributed by atoms with Gasteiger partial charge in [0.1, 0.15) is 0 Å². The van der Waals surface area contributed by atoms with E-state index in [2.05, 4.69) is 0 Å². The van der Waals surface area contributed by atoms with Crippen LogP contribution in [0.4, 0.5) is 0 Å². The lowest BCUT2D eigenvalue weighted by molar-refractivity contribution is 0.101. The zero-order valence-corrected chi connectivity index (χ0v) is 14.5. The first-order valence-electron chi connectivity index (χ1n) is 7.24. The molecule has 0 radical (unpaired) electrons. The molecule has 0 saturated heterocycles. The Morgan fingerprint density at radius 1 is 1.00 bits per heavy atom. The van der Waals surface area contributed by atoms with E-state index >= 15 is 0 Å². The second-order valence-corrected chi connectivity index (χ2v) is 8.26. The van der Waals surface area contributed by atoms with Crippen molar-refractivity contribution < 1.29 is 18.1 Å². The highest BCUT2D eigenvalue weighted by Gasteiger charge is 2.37. The van der Waals surface area contributed by atoms with Gasteiger partial charge in [-0.2, -0.15) is 0 Å². The third-order valence-corrected chi connectivity index (χ3v) is 6.73. The summed E-state index contributed by atoms with van der Waals surface area (Å²) in [5.41, 5.74) is 1.79. The Morgan fingerprint density at radius 2 is 1.64 bits per heavy atom. The maximum Gasteiger partial charge on any atom is 0.500 e. The molecule has 5 heteroatoms. The summed E-state index contributed by atoms with van der Waals surface area (Å²) in [6.45, 7) is 1.61. The minimum absolute atomic E-state index is 0.0753. The Hall–Kier alpha value is -1.53. The van der Waals surface area contributed by atoms with Crippen LogP contribution in [0.1, 0.15) is 22.8 Å². The molecule has 118 valence electrons. The van der Waals surface area contributed by atoms with Crippen molar-refractivity contribution in [1.29, 1.82) is 0 Å². The summed E-state index contributed by atoms with van der Waals surface area (Å²) in [5, 5.41) is 2.07. The third kappa shape index (κ3) is 3.28. The van der Waals surface area contributed by atoms with Crippen molar-refractivity contribution in [2.24, 2.45) is 0 Å². The summed E-state index contributed by atoms with van der Waals surface area (Å²) in [5.74, 6) is 0.0753. The van der Waals surface area contributed by atoms with Gasteiger partial charge in [0.05, 0.1) is 0 Å². The average Bonchev–Trinajstić information content (AvgIpc) is 2.55. The highest BCUT2D eigenvalue weighted by Crippen LogP contribution is 2.26. The van der Waals surface area contributed by atoms with Gasteiger partial charge in [-0.3, -0.25) is 4.79 Å². The lowest BCUT2D eigenvalue weighted by Gasteiger charge is -2.24. The van der Waals surface area contributed by atoms with E-state index in [1.54, 1.807) is 28.3 Å². The number of hydrogen-bond acceptors (Lipinski definition) is 4. The first-order chi connectivity index (χ1) is 10.6. The minimum atomic E-state index is -2.64. The molecule has 0 fully saturated rings. The molecule has 22 heavy (non-hydrogen) atoms. The molecule has 2 aromatic rings. The van der Waals surface area contributed by atoms with E-state index in [1.165, 1.54) is 0 Å². The van der Waals surface area contributed by atoms with Gasteiger partial charge in [0.2, 0.25) is 0 Å². The van der Waals surface area contributed by atoms with Gasteiger partial charge in [0.15, 0.2) is 5.78 Å². The lowest BCUT2D eigenvalue weighted by Crippen LogP contribution is -2.43. The molecule has 0 aliphatic carbocycles. The van der Waals surface area contributed by atoms with Crippen LogP contribution < -0.4 is 0 Å². The predicted octanol–water partition coefficient (Wildman–Crippen LogP) is 3.46. The van der Waals surface area contributed by atoms with Gasteiger partial charge in [-0.25, -0.2) is 0 Å². The normalized spacial score (nSPS) is 11.8. The largest absolute Gasteiger partial charge is 0.500 e. The van der Waals surface area contributed by atoms with E-state index in [-0.39, 0.29) is 5.78 Å². The fourth-order valence-electron chi connectivity index (χ4n) is 2.78. The van der Waals surface area contributed by atoms with Crippen LogP contribution in [0, 0.1) is 0 Å². The summed E-state index contributed by atoms with van der Waals surface area (Å²) in [4.78, 5) is 12.1. The fraction of sp³-hybridized carbons (Fsp3) is 0.353. The van der Waals surface area contributed by atoms with E-state index in [0.29, 0.717) is 12.5 Å². The van der Waals surface area contributed by atoms with E-state index in [1.807, 2.05) is 36.4 Å². The molecule has 0 aliphatic heterocycles. The molecule has 0 bridgehead atoms. The molecule has 0 unspecified atom stereocenters.